The summed E-state index contributed by atoms with van der Waals surface area (Å²) in [5.41, 5.74) is 11.4. The molecular formula is C24H33N5O2. The van der Waals surface area contributed by atoms with Crippen LogP contribution in [-0.4, -0.2) is 52.8 Å². The molecule has 1 saturated heterocycles. The summed E-state index contributed by atoms with van der Waals surface area (Å²) in [6, 6.07) is 9.23. The SMILES string of the molecule is CCCCOc1nc(N)c2[nH]cc(Cc3ccc(CN4CCC(OC)CC4)cc3)c2n1. The van der Waals surface area contributed by atoms with Crippen LogP contribution in [0, 0.1) is 0 Å². The summed E-state index contributed by atoms with van der Waals surface area (Å²) < 4.78 is 11.2. The van der Waals surface area contributed by atoms with E-state index in [1.807, 2.05) is 13.3 Å². The highest BCUT2D eigenvalue weighted by atomic mass is 16.5. The summed E-state index contributed by atoms with van der Waals surface area (Å²) in [6.45, 7) is 5.91. The molecule has 7 nitrogen and oxygen atoms in total. The van der Waals surface area contributed by atoms with Crippen LogP contribution in [0.2, 0.25) is 0 Å². The van der Waals surface area contributed by atoms with E-state index in [-0.39, 0.29) is 0 Å². The van der Waals surface area contributed by atoms with E-state index >= 15 is 0 Å². The van der Waals surface area contributed by atoms with E-state index < -0.39 is 0 Å². The number of nitrogens with two attached hydrogens (primary N) is 1. The summed E-state index contributed by atoms with van der Waals surface area (Å²) in [6.07, 6.45) is 7.44. The van der Waals surface area contributed by atoms with Gasteiger partial charge in [-0.1, -0.05) is 37.6 Å². The molecule has 0 radical (unpaired) electrons. The van der Waals surface area contributed by atoms with Crippen LogP contribution in [0.5, 0.6) is 6.01 Å². The van der Waals surface area contributed by atoms with Crippen molar-refractivity contribution in [2.45, 2.75) is 51.7 Å². The van der Waals surface area contributed by atoms with Crippen molar-refractivity contribution < 1.29 is 9.47 Å². The fraction of sp³-hybridized carbons (Fsp3) is 0.500. The van der Waals surface area contributed by atoms with Crippen molar-refractivity contribution in [3.63, 3.8) is 0 Å². The third-order valence-electron chi connectivity index (χ3n) is 6.03. The molecule has 0 bridgehead atoms. The Balaban J connectivity index is 1.41. The maximum atomic E-state index is 6.12. The minimum atomic E-state index is 0.354. The van der Waals surface area contributed by atoms with Crippen LogP contribution in [0.3, 0.4) is 0 Å². The van der Waals surface area contributed by atoms with Gasteiger partial charge in [-0.05, 0) is 30.4 Å². The maximum Gasteiger partial charge on any atom is 0.319 e. The molecule has 0 aliphatic carbocycles. The monoisotopic (exact) mass is 423 g/mol. The van der Waals surface area contributed by atoms with E-state index in [1.54, 1.807) is 0 Å². The van der Waals surface area contributed by atoms with Crippen molar-refractivity contribution in [3.8, 4) is 6.01 Å². The first-order chi connectivity index (χ1) is 15.2. The number of ether oxygens (including phenoxy) is 2. The Kier molecular flexibility index (Phi) is 7.04. The lowest BCUT2D eigenvalue weighted by atomic mass is 10.0. The number of piperidine rings is 1. The smallest absolute Gasteiger partial charge is 0.319 e. The standard InChI is InChI=1S/C24H33N5O2/c1-3-4-13-31-24-27-21-19(15-26-22(21)23(25)28-24)14-17-5-7-18(8-6-17)16-29-11-9-20(30-2)10-12-29/h5-8,15,20,26H,3-4,9-14,16H2,1-2H3,(H2,25,27,28). The number of anilines is 1. The molecule has 7 heteroatoms. The number of unbranched alkanes of at least 4 members (excludes halogenated alkanes) is 1. The average molecular weight is 424 g/mol. The summed E-state index contributed by atoms with van der Waals surface area (Å²) >= 11 is 0. The number of aromatic amines is 1. The van der Waals surface area contributed by atoms with Gasteiger partial charge in [0.25, 0.3) is 0 Å². The van der Waals surface area contributed by atoms with Gasteiger partial charge in [0.15, 0.2) is 5.82 Å². The molecule has 0 spiro atoms. The van der Waals surface area contributed by atoms with Gasteiger partial charge in [-0.15, -0.1) is 0 Å². The fourth-order valence-electron chi connectivity index (χ4n) is 4.11. The lowest BCUT2D eigenvalue weighted by Crippen LogP contribution is -2.36. The highest BCUT2D eigenvalue weighted by Crippen LogP contribution is 2.25. The molecule has 0 saturated carbocycles. The fourth-order valence-corrected chi connectivity index (χ4v) is 4.11. The number of H-pyrrole nitrogens is 1. The lowest BCUT2D eigenvalue weighted by molar-refractivity contribution is 0.0388. The molecule has 166 valence electrons. The zero-order valence-corrected chi connectivity index (χ0v) is 18.6. The number of rotatable bonds is 9. The highest BCUT2D eigenvalue weighted by molar-refractivity contribution is 5.87. The van der Waals surface area contributed by atoms with Crippen molar-refractivity contribution in [2.75, 3.05) is 32.5 Å². The highest BCUT2D eigenvalue weighted by Gasteiger charge is 2.18. The Bertz CT molecular complexity index is 978. The number of hydrogen-bond donors (Lipinski definition) is 2. The molecule has 1 aliphatic heterocycles. The molecule has 31 heavy (non-hydrogen) atoms. The van der Waals surface area contributed by atoms with E-state index in [2.05, 4.69) is 51.0 Å². The Morgan fingerprint density at radius 1 is 1.13 bits per heavy atom. The first-order valence-corrected chi connectivity index (χ1v) is 11.3. The molecule has 1 fully saturated rings. The Morgan fingerprint density at radius 3 is 2.58 bits per heavy atom. The number of aromatic nitrogens is 3. The number of likely N-dealkylation sites (tertiary alicyclic amines) is 1. The summed E-state index contributed by atoms with van der Waals surface area (Å²) in [5.74, 6) is 0.426. The number of benzene rings is 1. The number of nitrogens with one attached hydrogen (secondary N) is 1. The van der Waals surface area contributed by atoms with Crippen LogP contribution >= 0.6 is 0 Å². The molecule has 4 rings (SSSR count). The molecule has 0 amide bonds. The first-order valence-electron chi connectivity index (χ1n) is 11.3. The van der Waals surface area contributed by atoms with Gasteiger partial charge in [0.1, 0.15) is 11.0 Å². The van der Waals surface area contributed by atoms with Gasteiger partial charge in [0.05, 0.1) is 12.7 Å². The van der Waals surface area contributed by atoms with Crippen molar-refractivity contribution >= 4 is 16.9 Å². The molecule has 3 N–H and O–H groups in total. The molecular weight excluding hydrogens is 390 g/mol. The Labute approximate surface area is 184 Å². The lowest BCUT2D eigenvalue weighted by Gasteiger charge is -2.31. The quantitative estimate of drug-likeness (QED) is 0.507. The third kappa shape index (κ3) is 5.35. The predicted octanol–water partition coefficient (Wildman–Crippen LogP) is 3.92. The van der Waals surface area contributed by atoms with Gasteiger partial charge in [-0.3, -0.25) is 4.90 Å². The van der Waals surface area contributed by atoms with Crippen LogP contribution in [0.15, 0.2) is 30.5 Å². The number of nitrogen functional groups attached to an aromatic ring is 1. The van der Waals surface area contributed by atoms with E-state index in [4.69, 9.17) is 15.2 Å². The summed E-state index contributed by atoms with van der Waals surface area (Å²) in [7, 11) is 1.81. The molecule has 3 heterocycles. The number of methoxy groups -OCH3 is 1. The molecule has 0 atom stereocenters. The summed E-state index contributed by atoms with van der Waals surface area (Å²) in [5, 5.41) is 0. The summed E-state index contributed by atoms with van der Waals surface area (Å²) in [4.78, 5) is 14.6. The molecule has 1 aromatic carbocycles. The van der Waals surface area contributed by atoms with Gasteiger partial charge in [-0.25, -0.2) is 0 Å². The number of fused-ring (bicyclic) bond motifs is 1. The predicted molar refractivity (Wildman–Crippen MR) is 123 cm³/mol. The van der Waals surface area contributed by atoms with Crippen LogP contribution in [-0.2, 0) is 17.7 Å². The molecule has 2 aromatic heterocycles. The van der Waals surface area contributed by atoms with Crippen LogP contribution in [0.4, 0.5) is 5.82 Å². The van der Waals surface area contributed by atoms with Crippen molar-refractivity contribution in [1.29, 1.82) is 0 Å². The van der Waals surface area contributed by atoms with Gasteiger partial charge in [-0.2, -0.15) is 9.97 Å². The second-order valence-electron chi connectivity index (χ2n) is 8.34. The first kappa shape index (κ1) is 21.6. The van der Waals surface area contributed by atoms with E-state index in [1.165, 1.54) is 11.1 Å². The largest absolute Gasteiger partial charge is 0.463 e. The maximum absolute atomic E-state index is 6.12. The van der Waals surface area contributed by atoms with Gasteiger partial charge < -0.3 is 20.2 Å². The van der Waals surface area contributed by atoms with Crippen molar-refractivity contribution in [3.05, 3.63) is 47.2 Å². The third-order valence-corrected chi connectivity index (χ3v) is 6.03. The van der Waals surface area contributed by atoms with Crippen LogP contribution in [0.1, 0.15) is 49.3 Å². The van der Waals surface area contributed by atoms with E-state index in [0.717, 1.165) is 68.3 Å². The Morgan fingerprint density at radius 2 is 1.87 bits per heavy atom. The normalized spacial score (nSPS) is 15.5. The minimum absolute atomic E-state index is 0.354. The van der Waals surface area contributed by atoms with Crippen molar-refractivity contribution in [2.24, 2.45) is 0 Å². The van der Waals surface area contributed by atoms with Gasteiger partial charge in [0, 0.05) is 44.9 Å². The molecule has 3 aromatic rings. The zero-order chi connectivity index (χ0) is 21.6. The van der Waals surface area contributed by atoms with Gasteiger partial charge in [0.2, 0.25) is 0 Å². The van der Waals surface area contributed by atoms with Crippen LogP contribution < -0.4 is 10.5 Å². The van der Waals surface area contributed by atoms with E-state index in [0.29, 0.717) is 24.5 Å². The van der Waals surface area contributed by atoms with Gasteiger partial charge >= 0.3 is 6.01 Å². The Hall–Kier alpha value is -2.64. The van der Waals surface area contributed by atoms with E-state index in [9.17, 15) is 0 Å². The minimum Gasteiger partial charge on any atom is -0.463 e. The van der Waals surface area contributed by atoms with Crippen LogP contribution in [0.25, 0.3) is 11.0 Å². The number of nitrogens with zero attached hydrogens (tertiary/aromatic N) is 3. The second-order valence-corrected chi connectivity index (χ2v) is 8.34. The van der Waals surface area contributed by atoms with Crippen molar-refractivity contribution in [1.82, 2.24) is 19.9 Å². The molecule has 0 unspecified atom stereocenters. The number of hydrogen-bond acceptors (Lipinski definition) is 6. The average Bonchev–Trinajstić information content (AvgIpc) is 3.19. The molecule has 1 aliphatic rings. The second kappa shape index (κ2) is 10.1. The topological polar surface area (TPSA) is 89.3 Å². The zero-order valence-electron chi connectivity index (χ0n) is 18.6.